The first-order valence-electron chi connectivity index (χ1n) is 6.91. The Morgan fingerprint density at radius 3 is 2.62 bits per heavy atom. The zero-order valence-corrected chi connectivity index (χ0v) is 13.3. The van der Waals surface area contributed by atoms with Crippen molar-refractivity contribution < 1.29 is 0 Å². The zero-order chi connectivity index (χ0) is 14.2. The molecule has 0 bridgehead atoms. The molecule has 0 aromatic carbocycles. The van der Waals surface area contributed by atoms with Crippen molar-refractivity contribution >= 4 is 43.8 Å². The molecule has 0 unspecified atom stereocenters. The Hall–Kier alpha value is -1.73. The number of hydrogen-bond donors (Lipinski definition) is 0. The van der Waals surface area contributed by atoms with Crippen LogP contribution in [0, 0.1) is 6.92 Å². The molecule has 4 rings (SSSR count). The maximum absolute atomic E-state index is 4.58. The minimum atomic E-state index is 0.975. The average molecular weight is 317 g/mol. The normalized spacial score (nSPS) is 15.9. The van der Waals surface area contributed by atoms with Crippen LogP contribution >= 0.6 is 22.7 Å². The van der Waals surface area contributed by atoms with Gasteiger partial charge in [0.2, 0.25) is 0 Å². The molecule has 5 nitrogen and oxygen atoms in total. The lowest BCUT2D eigenvalue weighted by atomic mass is 10.3. The average Bonchev–Trinajstić information content (AvgIpc) is 3.15. The quantitative estimate of drug-likeness (QED) is 0.727. The molecule has 7 heteroatoms. The molecule has 0 saturated carbocycles. The Labute approximate surface area is 130 Å². The summed E-state index contributed by atoms with van der Waals surface area (Å²) in [5.74, 6) is 1.07. The summed E-state index contributed by atoms with van der Waals surface area (Å²) in [6.07, 6.45) is 1.67. The predicted molar refractivity (Wildman–Crippen MR) is 88.7 cm³/mol. The van der Waals surface area contributed by atoms with Crippen molar-refractivity contribution in [2.45, 2.75) is 6.92 Å². The van der Waals surface area contributed by atoms with E-state index >= 15 is 0 Å². The van der Waals surface area contributed by atoms with Gasteiger partial charge in [0.25, 0.3) is 0 Å². The lowest BCUT2D eigenvalue weighted by Gasteiger charge is -2.35. The highest BCUT2D eigenvalue weighted by Crippen LogP contribution is 2.29. The first-order valence-corrected chi connectivity index (χ1v) is 8.67. The van der Waals surface area contributed by atoms with Crippen LogP contribution in [-0.4, -0.2) is 41.1 Å². The lowest BCUT2D eigenvalue weighted by molar-refractivity contribution is 0.647. The molecule has 3 aromatic heterocycles. The molecular formula is C14H15N5S2. The second-order valence-electron chi connectivity index (χ2n) is 5.08. The van der Waals surface area contributed by atoms with Gasteiger partial charge in [-0.05, 0) is 18.4 Å². The van der Waals surface area contributed by atoms with Crippen LogP contribution in [0.1, 0.15) is 5.69 Å². The molecule has 108 valence electrons. The Balaban J connectivity index is 1.53. The fraction of sp³-hybridized carbons (Fsp3) is 0.357. The van der Waals surface area contributed by atoms with Crippen molar-refractivity contribution in [1.82, 2.24) is 15.0 Å². The Morgan fingerprint density at radius 1 is 1.05 bits per heavy atom. The van der Waals surface area contributed by atoms with Gasteiger partial charge in [-0.15, -0.1) is 22.7 Å². The fourth-order valence-electron chi connectivity index (χ4n) is 2.60. The van der Waals surface area contributed by atoms with Crippen LogP contribution < -0.4 is 9.80 Å². The van der Waals surface area contributed by atoms with E-state index in [0.717, 1.165) is 48.3 Å². The minimum Gasteiger partial charge on any atom is -0.352 e. The third kappa shape index (κ3) is 2.36. The van der Waals surface area contributed by atoms with Gasteiger partial charge in [-0.2, -0.15) is 0 Å². The summed E-state index contributed by atoms with van der Waals surface area (Å²) in [7, 11) is 0. The zero-order valence-electron chi connectivity index (χ0n) is 11.7. The number of aryl methyl sites for hydroxylation is 1. The molecular weight excluding hydrogens is 302 g/mol. The maximum Gasteiger partial charge on any atom is 0.185 e. The van der Waals surface area contributed by atoms with Crippen molar-refractivity contribution in [3.05, 3.63) is 28.8 Å². The molecule has 0 spiro atoms. The van der Waals surface area contributed by atoms with E-state index in [1.54, 1.807) is 29.0 Å². The molecule has 0 radical (unpaired) electrons. The van der Waals surface area contributed by atoms with E-state index in [-0.39, 0.29) is 0 Å². The van der Waals surface area contributed by atoms with E-state index in [2.05, 4.69) is 41.6 Å². The van der Waals surface area contributed by atoms with Crippen LogP contribution in [0.5, 0.6) is 0 Å². The van der Waals surface area contributed by atoms with Gasteiger partial charge in [-0.25, -0.2) is 15.0 Å². The van der Waals surface area contributed by atoms with E-state index in [0.29, 0.717) is 0 Å². The second-order valence-corrected chi connectivity index (χ2v) is 6.83. The van der Waals surface area contributed by atoms with Gasteiger partial charge in [0.15, 0.2) is 5.13 Å². The Morgan fingerprint density at radius 2 is 1.86 bits per heavy atom. The largest absolute Gasteiger partial charge is 0.352 e. The molecule has 0 atom stereocenters. The van der Waals surface area contributed by atoms with Crippen LogP contribution in [0.3, 0.4) is 0 Å². The second kappa shape index (κ2) is 5.23. The summed E-state index contributed by atoms with van der Waals surface area (Å²) in [6, 6.07) is 2.06. The molecule has 4 heterocycles. The van der Waals surface area contributed by atoms with Crippen molar-refractivity contribution in [3.8, 4) is 0 Å². The van der Waals surface area contributed by atoms with Crippen LogP contribution in [0.25, 0.3) is 10.2 Å². The molecule has 3 aromatic rings. The smallest absolute Gasteiger partial charge is 0.185 e. The summed E-state index contributed by atoms with van der Waals surface area (Å²) in [4.78, 5) is 18.1. The summed E-state index contributed by atoms with van der Waals surface area (Å²) in [5.41, 5.74) is 2.15. The van der Waals surface area contributed by atoms with Crippen molar-refractivity contribution in [2.24, 2.45) is 0 Å². The van der Waals surface area contributed by atoms with Crippen molar-refractivity contribution in [1.29, 1.82) is 0 Å². The highest BCUT2D eigenvalue weighted by molar-refractivity contribution is 7.17. The van der Waals surface area contributed by atoms with Gasteiger partial charge >= 0.3 is 0 Å². The lowest BCUT2D eigenvalue weighted by Crippen LogP contribution is -2.46. The summed E-state index contributed by atoms with van der Waals surface area (Å²) in [6.45, 7) is 5.98. The number of hydrogen-bond acceptors (Lipinski definition) is 7. The molecule has 0 N–H and O–H groups in total. The first kappa shape index (κ1) is 13.0. The van der Waals surface area contributed by atoms with Gasteiger partial charge in [0.1, 0.15) is 12.1 Å². The summed E-state index contributed by atoms with van der Waals surface area (Å²) >= 11 is 3.45. The number of fused-ring (bicyclic) bond motifs is 1. The van der Waals surface area contributed by atoms with Gasteiger partial charge in [0.05, 0.1) is 15.9 Å². The number of rotatable bonds is 2. The van der Waals surface area contributed by atoms with Gasteiger partial charge in [0, 0.05) is 31.6 Å². The maximum atomic E-state index is 4.58. The fourth-order valence-corrected chi connectivity index (χ4v) is 4.32. The number of piperazine rings is 1. The summed E-state index contributed by atoms with van der Waals surface area (Å²) in [5, 5.41) is 5.33. The van der Waals surface area contributed by atoms with E-state index in [1.807, 2.05) is 6.92 Å². The molecule has 1 aliphatic rings. The summed E-state index contributed by atoms with van der Waals surface area (Å²) < 4.78 is 1.19. The van der Waals surface area contributed by atoms with Gasteiger partial charge < -0.3 is 9.80 Å². The van der Waals surface area contributed by atoms with Crippen molar-refractivity contribution in [2.75, 3.05) is 36.0 Å². The molecule has 1 saturated heterocycles. The highest BCUT2D eigenvalue weighted by atomic mass is 32.1. The third-order valence-electron chi connectivity index (χ3n) is 3.68. The van der Waals surface area contributed by atoms with E-state index < -0.39 is 0 Å². The molecule has 21 heavy (non-hydrogen) atoms. The number of aromatic nitrogens is 3. The van der Waals surface area contributed by atoms with E-state index in [9.17, 15) is 0 Å². The third-order valence-corrected chi connectivity index (χ3v) is 5.60. The topological polar surface area (TPSA) is 45.2 Å². The predicted octanol–water partition coefficient (Wildman–Crippen LogP) is 2.78. The van der Waals surface area contributed by atoms with Gasteiger partial charge in [-0.3, -0.25) is 0 Å². The first-order chi connectivity index (χ1) is 10.3. The monoisotopic (exact) mass is 317 g/mol. The minimum absolute atomic E-state index is 0.975. The van der Waals surface area contributed by atoms with Crippen LogP contribution in [0.4, 0.5) is 10.9 Å². The standard InChI is InChI=1S/C14H15N5S2/c1-10-8-21-14(17-10)19-5-3-18(4-6-19)13-12-11(2-7-20-12)15-9-16-13/h2,7-9H,3-6H2,1H3. The molecule has 1 aliphatic heterocycles. The van der Waals surface area contributed by atoms with Crippen LogP contribution in [-0.2, 0) is 0 Å². The van der Waals surface area contributed by atoms with Crippen LogP contribution in [0.15, 0.2) is 23.2 Å². The van der Waals surface area contributed by atoms with Gasteiger partial charge in [-0.1, -0.05) is 0 Å². The van der Waals surface area contributed by atoms with Crippen LogP contribution in [0.2, 0.25) is 0 Å². The number of nitrogens with zero attached hydrogens (tertiary/aromatic N) is 5. The molecule has 0 aliphatic carbocycles. The molecule has 1 fully saturated rings. The number of thiophene rings is 1. The van der Waals surface area contributed by atoms with E-state index in [1.165, 1.54) is 4.70 Å². The number of anilines is 2. The SMILES string of the molecule is Cc1csc(N2CCN(c3ncnc4ccsc34)CC2)n1. The van der Waals surface area contributed by atoms with Crippen molar-refractivity contribution in [3.63, 3.8) is 0 Å². The Bertz CT molecular complexity index is 757. The molecule has 0 amide bonds. The number of thiazole rings is 1. The highest BCUT2D eigenvalue weighted by Gasteiger charge is 2.21. The Kier molecular flexibility index (Phi) is 3.23. The van der Waals surface area contributed by atoms with E-state index in [4.69, 9.17) is 0 Å².